The minimum Gasteiger partial charge on any atom is -0.491 e. The Morgan fingerprint density at radius 2 is 1.78 bits per heavy atom. The van der Waals surface area contributed by atoms with Crippen molar-refractivity contribution in [2.24, 2.45) is 0 Å². The molecule has 1 N–H and O–H groups in total. The van der Waals surface area contributed by atoms with Crippen LogP contribution in [0.1, 0.15) is 97.2 Å². The van der Waals surface area contributed by atoms with Crippen LogP contribution in [0.4, 0.5) is 0 Å². The minimum absolute atomic E-state index is 0.0128. The van der Waals surface area contributed by atoms with Crippen LogP contribution in [0.3, 0.4) is 0 Å². The number of ether oxygens (including phenoxy) is 2. The van der Waals surface area contributed by atoms with E-state index in [0.29, 0.717) is 23.4 Å². The van der Waals surface area contributed by atoms with Crippen LogP contribution in [0.2, 0.25) is 0 Å². The topological polar surface area (TPSA) is 84.9 Å². The number of nitrogens with one attached hydrogen (secondary N) is 1. The zero-order valence-electron chi connectivity index (χ0n) is 21.4. The molecular formula is C29H36N2O5. The van der Waals surface area contributed by atoms with Crippen LogP contribution in [0.5, 0.6) is 5.75 Å². The van der Waals surface area contributed by atoms with Gasteiger partial charge in [0.05, 0.1) is 36.3 Å². The normalized spacial score (nSPS) is 16.6. The minimum atomic E-state index is -0.605. The molecule has 1 aliphatic carbocycles. The molecule has 2 aliphatic rings. The lowest BCUT2D eigenvalue weighted by Crippen LogP contribution is -2.37. The Morgan fingerprint density at radius 1 is 1.06 bits per heavy atom. The van der Waals surface area contributed by atoms with E-state index in [1.165, 1.54) is 6.42 Å². The molecule has 1 fully saturated rings. The van der Waals surface area contributed by atoms with Crippen molar-refractivity contribution in [1.82, 2.24) is 10.2 Å². The van der Waals surface area contributed by atoms with Crippen molar-refractivity contribution in [2.75, 3.05) is 6.61 Å². The maximum absolute atomic E-state index is 13.5. The van der Waals surface area contributed by atoms with E-state index in [4.69, 9.17) is 9.47 Å². The summed E-state index contributed by atoms with van der Waals surface area (Å²) in [5.74, 6) is -0.130. The van der Waals surface area contributed by atoms with Crippen LogP contribution in [0, 0.1) is 0 Å². The van der Waals surface area contributed by atoms with Gasteiger partial charge in [-0.1, -0.05) is 43.5 Å². The molecule has 0 spiro atoms. The van der Waals surface area contributed by atoms with E-state index in [0.717, 1.165) is 36.8 Å². The number of fused-ring (bicyclic) bond motifs is 1. The quantitative estimate of drug-likeness (QED) is 0.487. The number of carbonyl (C=O) groups excluding carboxylic acids is 3. The largest absolute Gasteiger partial charge is 0.491 e. The molecule has 0 radical (unpaired) electrons. The Labute approximate surface area is 213 Å². The zero-order chi connectivity index (χ0) is 25.7. The maximum atomic E-state index is 13.5. The number of benzene rings is 2. The van der Waals surface area contributed by atoms with Crippen molar-refractivity contribution in [3.63, 3.8) is 0 Å². The lowest BCUT2D eigenvalue weighted by molar-refractivity contribution is -0.143. The highest BCUT2D eigenvalue weighted by Crippen LogP contribution is 2.33. The van der Waals surface area contributed by atoms with Gasteiger partial charge in [-0.25, -0.2) is 0 Å². The lowest BCUT2D eigenvalue weighted by atomic mass is 9.94. The van der Waals surface area contributed by atoms with Gasteiger partial charge in [0.2, 0.25) is 0 Å². The zero-order valence-corrected chi connectivity index (χ0v) is 21.4. The Hall–Kier alpha value is -3.35. The lowest BCUT2D eigenvalue weighted by Gasteiger charge is -2.31. The van der Waals surface area contributed by atoms with E-state index in [2.05, 4.69) is 5.32 Å². The summed E-state index contributed by atoms with van der Waals surface area (Å²) in [5.41, 5.74) is 2.48. The first-order valence-corrected chi connectivity index (χ1v) is 13.0. The van der Waals surface area contributed by atoms with E-state index in [9.17, 15) is 14.4 Å². The molecule has 0 saturated heterocycles. The molecule has 0 bridgehead atoms. The average molecular weight is 493 g/mol. The number of esters is 1. The van der Waals surface area contributed by atoms with Crippen LogP contribution in [-0.4, -0.2) is 41.4 Å². The molecule has 2 aromatic carbocycles. The third-order valence-corrected chi connectivity index (χ3v) is 6.86. The Bertz CT molecular complexity index is 1090. The van der Waals surface area contributed by atoms with Gasteiger partial charge >= 0.3 is 5.97 Å². The molecule has 192 valence electrons. The molecule has 36 heavy (non-hydrogen) atoms. The third kappa shape index (κ3) is 5.89. The van der Waals surface area contributed by atoms with Crippen molar-refractivity contribution in [3.05, 3.63) is 64.7 Å². The number of rotatable bonds is 9. The van der Waals surface area contributed by atoms with Gasteiger partial charge in [0, 0.05) is 12.6 Å². The standard InChI is InChI=1S/C29H36N2O5/c1-4-35-26(32)17-25(20-13-15-23(16-14-20)36-19(2)3)30-28(33)24-12-8-9-21-18-31(29(34)27(21)24)22-10-6-5-7-11-22/h8-9,12-16,19,22,25H,4-7,10-11,17-18H2,1-3H3,(H,30,33)/t25-/m1/s1. The summed E-state index contributed by atoms with van der Waals surface area (Å²) < 4.78 is 10.9. The summed E-state index contributed by atoms with van der Waals surface area (Å²) in [6.07, 6.45) is 5.53. The van der Waals surface area contributed by atoms with Crippen LogP contribution >= 0.6 is 0 Å². The third-order valence-electron chi connectivity index (χ3n) is 6.86. The van der Waals surface area contributed by atoms with Crippen LogP contribution in [0.15, 0.2) is 42.5 Å². The van der Waals surface area contributed by atoms with Gasteiger partial charge in [0.25, 0.3) is 11.8 Å². The SMILES string of the molecule is CCOC(=O)C[C@@H](NC(=O)c1cccc2c1C(=O)N(C1CCCCC1)C2)c1ccc(OC(C)C)cc1. The van der Waals surface area contributed by atoms with Crippen molar-refractivity contribution < 1.29 is 23.9 Å². The van der Waals surface area contributed by atoms with Crippen LogP contribution < -0.4 is 10.1 Å². The average Bonchev–Trinajstić information content (AvgIpc) is 3.21. The van der Waals surface area contributed by atoms with Gasteiger partial charge in [-0.3, -0.25) is 14.4 Å². The molecule has 1 heterocycles. The summed E-state index contributed by atoms with van der Waals surface area (Å²) >= 11 is 0. The summed E-state index contributed by atoms with van der Waals surface area (Å²) in [5, 5.41) is 2.99. The maximum Gasteiger partial charge on any atom is 0.308 e. The Kier molecular flexibility index (Phi) is 8.28. The summed E-state index contributed by atoms with van der Waals surface area (Å²) in [6, 6.07) is 12.4. The second-order valence-corrected chi connectivity index (χ2v) is 9.84. The van der Waals surface area contributed by atoms with Gasteiger partial charge in [0.1, 0.15) is 5.75 Å². The first-order chi connectivity index (χ1) is 17.4. The van der Waals surface area contributed by atoms with E-state index in [1.807, 2.05) is 55.1 Å². The molecule has 1 saturated carbocycles. The second kappa shape index (κ2) is 11.6. The fraction of sp³-hybridized carbons (Fsp3) is 0.483. The molecule has 1 aliphatic heterocycles. The van der Waals surface area contributed by atoms with Gasteiger partial charge in [-0.2, -0.15) is 0 Å². The fourth-order valence-corrected chi connectivity index (χ4v) is 5.19. The van der Waals surface area contributed by atoms with Gasteiger partial charge in [0.15, 0.2) is 0 Å². The monoisotopic (exact) mass is 492 g/mol. The number of nitrogens with zero attached hydrogens (tertiary/aromatic N) is 1. The molecule has 7 nitrogen and oxygen atoms in total. The number of hydrogen-bond acceptors (Lipinski definition) is 5. The molecular weight excluding hydrogens is 456 g/mol. The number of carbonyl (C=O) groups is 3. The predicted octanol–water partition coefficient (Wildman–Crippen LogP) is 5.19. The highest BCUT2D eigenvalue weighted by Gasteiger charge is 2.36. The molecule has 1 atom stereocenters. The van der Waals surface area contributed by atoms with Gasteiger partial charge < -0.3 is 19.7 Å². The van der Waals surface area contributed by atoms with E-state index in [1.54, 1.807) is 13.0 Å². The van der Waals surface area contributed by atoms with Crippen molar-refractivity contribution >= 4 is 17.8 Å². The molecule has 2 aromatic rings. The number of hydrogen-bond donors (Lipinski definition) is 1. The molecule has 7 heteroatoms. The fourth-order valence-electron chi connectivity index (χ4n) is 5.19. The number of amides is 2. The highest BCUT2D eigenvalue weighted by atomic mass is 16.5. The first kappa shape index (κ1) is 25.7. The van der Waals surface area contributed by atoms with Crippen LogP contribution in [0.25, 0.3) is 0 Å². The highest BCUT2D eigenvalue weighted by molar-refractivity contribution is 6.09. The van der Waals surface area contributed by atoms with Gasteiger partial charge in [-0.05, 0) is 62.9 Å². The summed E-state index contributed by atoms with van der Waals surface area (Å²) in [4.78, 5) is 41.2. The van der Waals surface area contributed by atoms with Gasteiger partial charge in [-0.15, -0.1) is 0 Å². The molecule has 2 amide bonds. The summed E-state index contributed by atoms with van der Waals surface area (Å²) in [6.45, 7) is 6.46. The van der Waals surface area contributed by atoms with Crippen molar-refractivity contribution in [1.29, 1.82) is 0 Å². The Morgan fingerprint density at radius 3 is 2.44 bits per heavy atom. The van der Waals surface area contributed by atoms with E-state index in [-0.39, 0.29) is 37.0 Å². The van der Waals surface area contributed by atoms with Crippen LogP contribution in [-0.2, 0) is 16.1 Å². The molecule has 0 unspecified atom stereocenters. The van der Waals surface area contributed by atoms with E-state index < -0.39 is 12.0 Å². The smallest absolute Gasteiger partial charge is 0.308 e. The molecule has 0 aromatic heterocycles. The Balaban J connectivity index is 1.56. The molecule has 4 rings (SSSR count). The van der Waals surface area contributed by atoms with E-state index >= 15 is 0 Å². The second-order valence-electron chi connectivity index (χ2n) is 9.84. The van der Waals surface area contributed by atoms with Crippen molar-refractivity contribution in [3.8, 4) is 5.75 Å². The first-order valence-electron chi connectivity index (χ1n) is 13.0. The van der Waals surface area contributed by atoms with Crippen molar-refractivity contribution in [2.45, 2.75) is 84.0 Å². The summed E-state index contributed by atoms with van der Waals surface area (Å²) in [7, 11) is 0. The predicted molar refractivity (Wildman–Crippen MR) is 137 cm³/mol.